The zero-order chi connectivity index (χ0) is 22.9. The fourth-order valence-electron chi connectivity index (χ4n) is 4.05. The summed E-state index contributed by atoms with van der Waals surface area (Å²) < 4.78 is 23.0. The van der Waals surface area contributed by atoms with Crippen molar-refractivity contribution < 1.29 is 18.8 Å². The number of carbonyl (C=O) groups excluding carboxylic acids is 1. The number of nitrogens with zero attached hydrogens (tertiary/aromatic N) is 1. The van der Waals surface area contributed by atoms with Gasteiger partial charge in [0.2, 0.25) is 12.7 Å². The molecule has 0 aromatic heterocycles. The SMILES string of the molecule is CCCCCCCC[S+]([O-])C(C)Cc1ccc2c(c1)OCO2.O=C1C[C@H]2SC(CBr)CN12. The summed E-state index contributed by atoms with van der Waals surface area (Å²) >= 11 is 4.60. The van der Waals surface area contributed by atoms with E-state index in [1.165, 1.54) is 37.7 Å². The minimum Gasteiger partial charge on any atom is -0.616 e. The number of β-lactam (4-membered cyclic amide) rings is 1. The van der Waals surface area contributed by atoms with Gasteiger partial charge in [0.05, 0.1) is 11.8 Å². The molecule has 3 aliphatic heterocycles. The van der Waals surface area contributed by atoms with Crippen LogP contribution in [-0.2, 0) is 22.4 Å². The van der Waals surface area contributed by atoms with Gasteiger partial charge in [-0.1, -0.05) is 65.8 Å². The zero-order valence-corrected chi connectivity index (χ0v) is 22.4. The van der Waals surface area contributed by atoms with Gasteiger partial charge < -0.3 is 18.9 Å². The Kier molecular flexibility index (Phi) is 10.9. The first-order chi connectivity index (χ1) is 15.5. The molecule has 0 spiro atoms. The molecule has 0 radical (unpaired) electrons. The Hall–Kier alpha value is -0.570. The van der Waals surface area contributed by atoms with E-state index in [9.17, 15) is 9.35 Å². The predicted molar refractivity (Wildman–Crippen MR) is 137 cm³/mol. The molecule has 2 saturated heterocycles. The molecule has 3 heterocycles. The first-order valence-corrected chi connectivity index (χ1v) is 15.2. The summed E-state index contributed by atoms with van der Waals surface area (Å²) in [6.07, 6.45) is 9.09. The highest BCUT2D eigenvalue weighted by Crippen LogP contribution is 2.40. The molecular formula is C24H36BrNO4S2. The van der Waals surface area contributed by atoms with E-state index in [1.807, 2.05) is 34.9 Å². The third-order valence-electron chi connectivity index (χ3n) is 6.05. The van der Waals surface area contributed by atoms with Crippen LogP contribution >= 0.6 is 27.7 Å². The molecule has 0 N–H and O–H groups in total. The van der Waals surface area contributed by atoms with Gasteiger partial charge in [0, 0.05) is 23.5 Å². The molecule has 1 amide bonds. The number of carbonyl (C=O) groups is 1. The molecule has 0 aliphatic carbocycles. The zero-order valence-electron chi connectivity index (χ0n) is 19.2. The Balaban J connectivity index is 0.000000238. The quantitative estimate of drug-likeness (QED) is 0.159. The highest BCUT2D eigenvalue weighted by Gasteiger charge is 2.44. The highest BCUT2D eigenvalue weighted by molar-refractivity contribution is 9.09. The minimum atomic E-state index is -0.743. The second-order valence-electron chi connectivity index (χ2n) is 8.67. The lowest BCUT2D eigenvalue weighted by atomic mass is 10.1. The van der Waals surface area contributed by atoms with Gasteiger partial charge in [0.1, 0.15) is 11.0 Å². The first kappa shape index (κ1) is 26.0. The van der Waals surface area contributed by atoms with Crippen molar-refractivity contribution in [3.63, 3.8) is 0 Å². The van der Waals surface area contributed by atoms with Crippen molar-refractivity contribution in [1.82, 2.24) is 4.90 Å². The van der Waals surface area contributed by atoms with Gasteiger partial charge in [0.15, 0.2) is 11.5 Å². The summed E-state index contributed by atoms with van der Waals surface area (Å²) in [5, 5.41) is 2.36. The van der Waals surface area contributed by atoms with Gasteiger partial charge >= 0.3 is 0 Å². The lowest BCUT2D eigenvalue weighted by Gasteiger charge is -2.32. The maximum absolute atomic E-state index is 12.3. The third-order valence-corrected chi connectivity index (χ3v) is 10.4. The number of benzene rings is 1. The normalized spacial score (nSPS) is 22.6. The number of amides is 1. The van der Waals surface area contributed by atoms with E-state index in [2.05, 4.69) is 29.8 Å². The van der Waals surface area contributed by atoms with Crippen LogP contribution in [0.5, 0.6) is 11.5 Å². The maximum atomic E-state index is 12.3. The fraction of sp³-hybridized carbons (Fsp3) is 0.708. The molecule has 5 nitrogen and oxygen atoms in total. The number of halogens is 1. The molecule has 1 aromatic carbocycles. The monoisotopic (exact) mass is 545 g/mol. The van der Waals surface area contributed by atoms with Crippen LogP contribution in [0.1, 0.15) is 64.4 Å². The molecule has 180 valence electrons. The molecule has 2 fully saturated rings. The van der Waals surface area contributed by atoms with Gasteiger partial charge in [-0.25, -0.2) is 0 Å². The van der Waals surface area contributed by atoms with Crippen LogP contribution in [0, 0.1) is 0 Å². The third kappa shape index (κ3) is 7.47. The number of thioether (sulfide) groups is 1. The number of hydrogen-bond donors (Lipinski definition) is 0. The Morgan fingerprint density at radius 2 is 1.97 bits per heavy atom. The van der Waals surface area contributed by atoms with Crippen LogP contribution in [0.4, 0.5) is 0 Å². The van der Waals surface area contributed by atoms with Crippen molar-refractivity contribution in [2.75, 3.05) is 24.4 Å². The number of rotatable bonds is 11. The maximum Gasteiger partial charge on any atom is 0.231 e. The second kappa shape index (κ2) is 13.4. The molecule has 3 aliphatic rings. The van der Waals surface area contributed by atoms with E-state index in [-0.39, 0.29) is 5.25 Å². The molecule has 1 aromatic rings. The molecule has 0 bridgehead atoms. The Labute approximate surface area is 208 Å². The number of ether oxygens (including phenoxy) is 2. The number of alkyl halides is 1. The van der Waals surface area contributed by atoms with Crippen molar-refractivity contribution in [1.29, 1.82) is 0 Å². The number of unbranched alkanes of at least 4 members (excludes halogenated alkanes) is 5. The Morgan fingerprint density at radius 3 is 2.69 bits per heavy atom. The Bertz CT molecular complexity index is 738. The van der Waals surface area contributed by atoms with E-state index in [4.69, 9.17) is 9.47 Å². The summed E-state index contributed by atoms with van der Waals surface area (Å²) in [4.78, 5) is 12.8. The van der Waals surface area contributed by atoms with Crippen molar-refractivity contribution in [3.05, 3.63) is 23.8 Å². The van der Waals surface area contributed by atoms with Crippen LogP contribution in [0.2, 0.25) is 0 Å². The van der Waals surface area contributed by atoms with E-state index < -0.39 is 11.2 Å². The van der Waals surface area contributed by atoms with Crippen LogP contribution in [-0.4, -0.2) is 55.7 Å². The van der Waals surface area contributed by atoms with Crippen LogP contribution in [0.15, 0.2) is 18.2 Å². The lowest BCUT2D eigenvalue weighted by Crippen LogP contribution is -2.47. The minimum absolute atomic E-state index is 0.191. The summed E-state index contributed by atoms with van der Waals surface area (Å²) in [5.74, 6) is 2.79. The van der Waals surface area contributed by atoms with E-state index in [0.29, 0.717) is 23.3 Å². The molecule has 0 saturated carbocycles. The molecule has 4 rings (SSSR count). The summed E-state index contributed by atoms with van der Waals surface area (Å²) in [5.41, 5.74) is 1.17. The average molecular weight is 547 g/mol. The van der Waals surface area contributed by atoms with Crippen LogP contribution < -0.4 is 9.47 Å². The van der Waals surface area contributed by atoms with E-state index in [1.54, 1.807) is 0 Å². The van der Waals surface area contributed by atoms with Gasteiger partial charge in [-0.15, -0.1) is 11.8 Å². The predicted octanol–water partition coefficient (Wildman–Crippen LogP) is 5.51. The molecule has 3 unspecified atom stereocenters. The molecule has 8 heteroatoms. The van der Waals surface area contributed by atoms with Gasteiger partial charge in [-0.05, 0) is 37.5 Å². The largest absolute Gasteiger partial charge is 0.616 e. The molecule has 32 heavy (non-hydrogen) atoms. The summed E-state index contributed by atoms with van der Waals surface area (Å²) in [7, 11) is 0. The van der Waals surface area contributed by atoms with E-state index >= 15 is 0 Å². The van der Waals surface area contributed by atoms with Gasteiger partial charge in [-0.2, -0.15) is 0 Å². The topological polar surface area (TPSA) is 61.8 Å². The van der Waals surface area contributed by atoms with Crippen molar-refractivity contribution in [3.8, 4) is 11.5 Å². The van der Waals surface area contributed by atoms with Crippen molar-refractivity contribution >= 4 is 44.8 Å². The highest BCUT2D eigenvalue weighted by atomic mass is 79.9. The smallest absolute Gasteiger partial charge is 0.231 e. The van der Waals surface area contributed by atoms with Gasteiger partial charge in [0.25, 0.3) is 0 Å². The molecule has 4 atom stereocenters. The number of hydrogen-bond acceptors (Lipinski definition) is 5. The average Bonchev–Trinajstić information content (AvgIpc) is 3.39. The van der Waals surface area contributed by atoms with Crippen molar-refractivity contribution in [2.45, 2.75) is 81.1 Å². The number of fused-ring (bicyclic) bond motifs is 2. The summed E-state index contributed by atoms with van der Waals surface area (Å²) in [6, 6.07) is 6.01. The fourth-order valence-corrected chi connectivity index (χ4v) is 7.34. The van der Waals surface area contributed by atoms with Crippen LogP contribution in [0.3, 0.4) is 0 Å². The van der Waals surface area contributed by atoms with Gasteiger partial charge in [-0.3, -0.25) is 4.79 Å². The van der Waals surface area contributed by atoms with Crippen LogP contribution in [0.25, 0.3) is 0 Å². The Morgan fingerprint density at radius 1 is 1.22 bits per heavy atom. The first-order valence-electron chi connectivity index (χ1n) is 11.8. The van der Waals surface area contributed by atoms with Crippen molar-refractivity contribution in [2.24, 2.45) is 0 Å². The second-order valence-corrected chi connectivity index (χ2v) is 12.8. The lowest BCUT2D eigenvalue weighted by molar-refractivity contribution is -0.140. The molecular weight excluding hydrogens is 510 g/mol. The summed E-state index contributed by atoms with van der Waals surface area (Å²) in [6.45, 7) is 5.57. The standard InChI is InChI=1S/C18H28O3S.C6H8BrNOS/c1-3-4-5-6-7-8-11-22(19)15(2)12-16-9-10-17-18(13-16)21-14-20-17;7-2-4-3-8-5(9)1-6(8)10-4/h9-10,13,15H,3-8,11-12,14H2,1-2H3;4,6H,1-3H2/t;4?,6-/m.1/s1. The van der Waals surface area contributed by atoms with E-state index in [0.717, 1.165) is 48.4 Å².